The average molecular weight is 550 g/mol. The standard InChI is InChI=1S/C31H32FN9/c1-18(2)36-24-13-21(16-33-17-24)19-5-6-26-25(14-19)29(40-39-26)31-37-27-7-8-35-28(30(27)38-31)20-11-22(32)15-23(12-20)34-9-10-41(3)4/h5-8,11-18,34,36H,9-10H2,1-4H3,(H,37,38)(H,39,40). The number of nitrogens with zero attached hydrogens (tertiary/aromatic N) is 5. The second-order valence-electron chi connectivity index (χ2n) is 10.7. The summed E-state index contributed by atoms with van der Waals surface area (Å²) >= 11 is 0. The number of benzene rings is 2. The number of nitrogens with one attached hydrogen (secondary N) is 4. The SMILES string of the molecule is CC(C)Nc1cncc(-c2ccc3[nH]nc(-c4nc5c(-c6cc(F)cc(NCCN(C)C)c6)nccc5[nH]4)c3c2)c1. The van der Waals surface area contributed by atoms with Crippen molar-refractivity contribution in [1.29, 1.82) is 0 Å². The van der Waals surface area contributed by atoms with Gasteiger partial charge in [-0.25, -0.2) is 9.37 Å². The van der Waals surface area contributed by atoms with E-state index >= 15 is 0 Å². The van der Waals surface area contributed by atoms with Crippen molar-refractivity contribution in [1.82, 2.24) is 35.0 Å². The molecule has 0 aliphatic rings. The number of fused-ring (bicyclic) bond motifs is 2. The van der Waals surface area contributed by atoms with Crippen LogP contribution in [0.5, 0.6) is 0 Å². The Hall–Kier alpha value is -4.83. The van der Waals surface area contributed by atoms with Crippen molar-refractivity contribution in [2.45, 2.75) is 19.9 Å². The van der Waals surface area contributed by atoms with E-state index < -0.39 is 0 Å². The van der Waals surface area contributed by atoms with Crippen molar-refractivity contribution >= 4 is 33.3 Å². The van der Waals surface area contributed by atoms with E-state index in [2.05, 4.69) is 72.7 Å². The normalized spacial score (nSPS) is 11.7. The van der Waals surface area contributed by atoms with Crippen LogP contribution in [0.15, 0.2) is 67.1 Å². The van der Waals surface area contributed by atoms with Gasteiger partial charge in [0.25, 0.3) is 0 Å². The van der Waals surface area contributed by atoms with Gasteiger partial charge in [0.05, 0.1) is 22.4 Å². The number of rotatable bonds is 9. The van der Waals surface area contributed by atoms with Crippen molar-refractivity contribution in [2.24, 2.45) is 0 Å². The number of halogens is 1. The lowest BCUT2D eigenvalue weighted by Gasteiger charge is -2.12. The molecule has 0 fully saturated rings. The predicted octanol–water partition coefficient (Wildman–Crippen LogP) is 6.16. The molecule has 0 spiro atoms. The van der Waals surface area contributed by atoms with Gasteiger partial charge in [-0.05, 0) is 76.0 Å². The molecule has 0 amide bonds. The van der Waals surface area contributed by atoms with E-state index in [4.69, 9.17) is 4.98 Å². The van der Waals surface area contributed by atoms with Crippen LogP contribution in [0, 0.1) is 5.82 Å². The molecule has 0 saturated carbocycles. The first-order chi connectivity index (χ1) is 19.8. The summed E-state index contributed by atoms with van der Waals surface area (Å²) in [7, 11) is 4.00. The highest BCUT2D eigenvalue weighted by Crippen LogP contribution is 2.33. The largest absolute Gasteiger partial charge is 0.384 e. The lowest BCUT2D eigenvalue weighted by molar-refractivity contribution is 0.425. The molecular formula is C31H32FN9. The summed E-state index contributed by atoms with van der Waals surface area (Å²) < 4.78 is 14.6. The third kappa shape index (κ3) is 5.59. The first-order valence-electron chi connectivity index (χ1n) is 13.6. The summed E-state index contributed by atoms with van der Waals surface area (Å²) in [5.41, 5.74) is 7.97. The number of H-pyrrole nitrogens is 2. The Morgan fingerprint density at radius 2 is 1.76 bits per heavy atom. The van der Waals surface area contributed by atoms with Crippen LogP contribution in [0.4, 0.5) is 15.8 Å². The van der Waals surface area contributed by atoms with Crippen LogP contribution in [0.3, 0.4) is 0 Å². The maximum atomic E-state index is 14.6. The maximum Gasteiger partial charge on any atom is 0.159 e. The zero-order valence-corrected chi connectivity index (χ0v) is 23.5. The molecule has 10 heteroatoms. The van der Waals surface area contributed by atoms with Crippen LogP contribution in [0.2, 0.25) is 0 Å². The van der Waals surface area contributed by atoms with E-state index in [0.29, 0.717) is 46.6 Å². The molecule has 0 aliphatic heterocycles. The van der Waals surface area contributed by atoms with E-state index in [0.717, 1.165) is 39.8 Å². The Bertz CT molecular complexity index is 1840. The fourth-order valence-electron chi connectivity index (χ4n) is 4.90. The Morgan fingerprint density at radius 3 is 2.59 bits per heavy atom. The number of pyridine rings is 2. The lowest BCUT2D eigenvalue weighted by Crippen LogP contribution is -2.20. The second kappa shape index (κ2) is 11.0. The van der Waals surface area contributed by atoms with Gasteiger partial charge in [-0.1, -0.05) is 6.07 Å². The number of aromatic amines is 2. The van der Waals surface area contributed by atoms with Gasteiger partial charge < -0.3 is 20.5 Å². The number of hydrogen-bond donors (Lipinski definition) is 4. The van der Waals surface area contributed by atoms with E-state index in [1.165, 1.54) is 12.1 Å². The van der Waals surface area contributed by atoms with Crippen molar-refractivity contribution in [3.8, 4) is 33.9 Å². The molecule has 0 aliphatic carbocycles. The molecule has 4 heterocycles. The minimum absolute atomic E-state index is 0.306. The Kier molecular flexibility index (Phi) is 7.07. The molecule has 0 bridgehead atoms. The van der Waals surface area contributed by atoms with Crippen LogP contribution in [0.25, 0.3) is 55.8 Å². The summed E-state index contributed by atoms with van der Waals surface area (Å²) in [6.45, 7) is 5.73. The molecule has 0 saturated heterocycles. The van der Waals surface area contributed by atoms with Gasteiger partial charge in [0, 0.05) is 59.9 Å². The molecule has 9 nitrogen and oxygen atoms in total. The maximum absolute atomic E-state index is 14.6. The molecule has 6 rings (SSSR count). The van der Waals surface area contributed by atoms with Crippen LogP contribution in [-0.2, 0) is 0 Å². The van der Waals surface area contributed by atoms with Crippen molar-refractivity contribution in [2.75, 3.05) is 37.8 Å². The molecule has 6 aromatic rings. The van der Waals surface area contributed by atoms with Crippen molar-refractivity contribution in [3.63, 3.8) is 0 Å². The quantitative estimate of drug-likeness (QED) is 0.171. The van der Waals surface area contributed by atoms with Gasteiger partial charge in [-0.3, -0.25) is 15.1 Å². The second-order valence-corrected chi connectivity index (χ2v) is 10.7. The highest BCUT2D eigenvalue weighted by Gasteiger charge is 2.17. The topological polar surface area (TPSA) is 110 Å². The third-order valence-electron chi connectivity index (χ3n) is 6.77. The molecule has 0 unspecified atom stereocenters. The molecular weight excluding hydrogens is 517 g/mol. The summed E-state index contributed by atoms with van der Waals surface area (Å²) in [6.07, 6.45) is 5.39. The summed E-state index contributed by atoms with van der Waals surface area (Å²) in [4.78, 5) is 19.4. The number of imidazole rings is 1. The highest BCUT2D eigenvalue weighted by molar-refractivity contribution is 5.97. The van der Waals surface area contributed by atoms with Crippen molar-refractivity contribution in [3.05, 3.63) is 72.9 Å². The fraction of sp³-hybridized carbons (Fsp3) is 0.226. The van der Waals surface area contributed by atoms with Crippen LogP contribution >= 0.6 is 0 Å². The third-order valence-corrected chi connectivity index (χ3v) is 6.77. The predicted molar refractivity (Wildman–Crippen MR) is 163 cm³/mol. The van der Waals surface area contributed by atoms with E-state index in [9.17, 15) is 4.39 Å². The van der Waals surface area contributed by atoms with Gasteiger partial charge in [0.1, 0.15) is 17.0 Å². The number of hydrogen-bond acceptors (Lipinski definition) is 7. The van der Waals surface area contributed by atoms with Crippen LogP contribution in [-0.4, -0.2) is 68.3 Å². The average Bonchev–Trinajstić information content (AvgIpc) is 3.56. The summed E-state index contributed by atoms with van der Waals surface area (Å²) in [5.74, 6) is 0.268. The van der Waals surface area contributed by atoms with E-state index in [1.807, 2.05) is 44.7 Å². The van der Waals surface area contributed by atoms with Crippen LogP contribution < -0.4 is 10.6 Å². The molecule has 208 valence electrons. The molecule has 0 atom stereocenters. The Morgan fingerprint density at radius 1 is 0.902 bits per heavy atom. The smallest absolute Gasteiger partial charge is 0.159 e. The number of anilines is 2. The minimum Gasteiger partial charge on any atom is -0.384 e. The lowest BCUT2D eigenvalue weighted by atomic mass is 10.0. The Balaban J connectivity index is 1.37. The molecule has 2 aromatic carbocycles. The molecule has 0 radical (unpaired) electrons. The van der Waals surface area contributed by atoms with E-state index in [-0.39, 0.29) is 5.82 Å². The molecule has 41 heavy (non-hydrogen) atoms. The molecule has 4 aromatic heterocycles. The first kappa shape index (κ1) is 26.4. The summed E-state index contributed by atoms with van der Waals surface area (Å²) in [5, 5.41) is 15.3. The van der Waals surface area contributed by atoms with E-state index in [1.54, 1.807) is 6.20 Å². The number of likely N-dealkylation sites (N-methyl/N-ethyl adjacent to an activating group) is 1. The minimum atomic E-state index is -0.336. The monoisotopic (exact) mass is 549 g/mol. The van der Waals surface area contributed by atoms with Crippen LogP contribution in [0.1, 0.15) is 13.8 Å². The number of aromatic nitrogens is 6. The highest BCUT2D eigenvalue weighted by atomic mass is 19.1. The zero-order chi connectivity index (χ0) is 28.5. The molecule has 4 N–H and O–H groups in total. The van der Waals surface area contributed by atoms with Gasteiger partial charge in [-0.2, -0.15) is 5.10 Å². The summed E-state index contributed by atoms with van der Waals surface area (Å²) in [6, 6.07) is 15.3. The zero-order valence-electron chi connectivity index (χ0n) is 23.5. The Labute approximate surface area is 237 Å². The van der Waals surface area contributed by atoms with Gasteiger partial charge >= 0.3 is 0 Å². The van der Waals surface area contributed by atoms with Gasteiger partial charge in [0.2, 0.25) is 0 Å². The van der Waals surface area contributed by atoms with Gasteiger partial charge in [0.15, 0.2) is 5.82 Å². The van der Waals surface area contributed by atoms with Gasteiger partial charge in [-0.15, -0.1) is 0 Å². The fourth-order valence-corrected chi connectivity index (χ4v) is 4.90. The first-order valence-corrected chi connectivity index (χ1v) is 13.6. The van der Waals surface area contributed by atoms with Crippen molar-refractivity contribution < 1.29 is 4.39 Å².